The van der Waals surface area contributed by atoms with E-state index in [-0.39, 0.29) is 0 Å². The second kappa shape index (κ2) is 7.44. The van der Waals surface area contributed by atoms with Crippen LogP contribution in [-0.2, 0) is 6.42 Å². The smallest absolute Gasteiger partial charge is 0.141 e. The molecule has 3 aromatic heterocycles. The third-order valence-electron chi connectivity index (χ3n) is 5.08. The number of anilines is 3. The maximum atomic E-state index is 4.53. The molecule has 0 aliphatic heterocycles. The molecule has 5 aromatic rings. The van der Waals surface area contributed by atoms with Crippen LogP contribution in [0.15, 0.2) is 67.1 Å². The third-order valence-corrected chi connectivity index (χ3v) is 5.08. The molecule has 0 aliphatic rings. The molecular weight excluding hydrogens is 374 g/mol. The van der Waals surface area contributed by atoms with Gasteiger partial charge in [-0.25, -0.2) is 15.0 Å². The van der Waals surface area contributed by atoms with Gasteiger partial charge in [-0.05, 0) is 29.8 Å². The first-order chi connectivity index (χ1) is 14.7. The van der Waals surface area contributed by atoms with Crippen molar-refractivity contribution in [2.45, 2.75) is 6.42 Å². The fourth-order valence-corrected chi connectivity index (χ4v) is 3.51. The lowest BCUT2D eigenvalue weighted by atomic mass is 10.1. The molecule has 30 heavy (non-hydrogen) atoms. The summed E-state index contributed by atoms with van der Waals surface area (Å²) in [6.07, 6.45) is 4.12. The average molecular weight is 395 g/mol. The topological polar surface area (TPSA) is 82.6 Å². The van der Waals surface area contributed by atoms with Gasteiger partial charge in [-0.15, -0.1) is 0 Å². The molecule has 2 N–H and O–H groups in total. The largest absolute Gasteiger partial charge is 0.363 e. The van der Waals surface area contributed by atoms with E-state index < -0.39 is 0 Å². The molecule has 5 rings (SSSR count). The molecule has 7 nitrogen and oxygen atoms in total. The van der Waals surface area contributed by atoms with Gasteiger partial charge in [-0.3, -0.25) is 5.10 Å². The molecule has 0 fully saturated rings. The number of H-pyrrole nitrogens is 1. The van der Waals surface area contributed by atoms with Crippen LogP contribution in [0.1, 0.15) is 11.3 Å². The van der Waals surface area contributed by atoms with Crippen LogP contribution in [0.25, 0.3) is 21.8 Å². The number of aromatic amines is 1. The highest BCUT2D eigenvalue weighted by Gasteiger charge is 2.10. The van der Waals surface area contributed by atoms with Crippen LogP contribution in [0.4, 0.5) is 17.3 Å². The van der Waals surface area contributed by atoms with Crippen molar-refractivity contribution in [3.63, 3.8) is 0 Å². The summed E-state index contributed by atoms with van der Waals surface area (Å²) in [5.41, 5.74) is 4.99. The summed E-state index contributed by atoms with van der Waals surface area (Å²) in [5, 5.41) is 13.1. The quantitative estimate of drug-likeness (QED) is 0.462. The number of nitrogens with one attached hydrogen (secondary N) is 2. The van der Waals surface area contributed by atoms with Gasteiger partial charge in [0.05, 0.1) is 22.9 Å². The highest BCUT2D eigenvalue weighted by Crippen LogP contribution is 2.28. The zero-order chi connectivity index (χ0) is 20.5. The zero-order valence-corrected chi connectivity index (χ0v) is 16.8. The van der Waals surface area contributed by atoms with E-state index in [1.807, 2.05) is 37.2 Å². The Hall–Kier alpha value is -4.00. The van der Waals surface area contributed by atoms with Crippen molar-refractivity contribution in [3.05, 3.63) is 78.4 Å². The van der Waals surface area contributed by atoms with Gasteiger partial charge in [0, 0.05) is 37.0 Å². The first-order valence-corrected chi connectivity index (χ1v) is 9.73. The van der Waals surface area contributed by atoms with Crippen molar-refractivity contribution in [1.29, 1.82) is 0 Å². The van der Waals surface area contributed by atoms with Gasteiger partial charge < -0.3 is 10.2 Å². The molecule has 148 valence electrons. The third kappa shape index (κ3) is 3.41. The molecule has 0 unspecified atom stereocenters. The van der Waals surface area contributed by atoms with Crippen LogP contribution in [0, 0.1) is 0 Å². The average Bonchev–Trinajstić information content (AvgIpc) is 3.16. The van der Waals surface area contributed by atoms with Crippen LogP contribution in [-0.4, -0.2) is 39.2 Å². The molecule has 0 aliphatic carbocycles. The molecule has 0 saturated heterocycles. The van der Waals surface area contributed by atoms with E-state index in [4.69, 9.17) is 0 Å². The van der Waals surface area contributed by atoms with Gasteiger partial charge in [0.2, 0.25) is 0 Å². The Balaban J connectivity index is 1.47. The van der Waals surface area contributed by atoms with Crippen LogP contribution in [0.5, 0.6) is 0 Å². The lowest BCUT2D eigenvalue weighted by molar-refractivity contribution is 1.01. The lowest BCUT2D eigenvalue weighted by Gasteiger charge is -2.13. The minimum absolute atomic E-state index is 0.744. The summed E-state index contributed by atoms with van der Waals surface area (Å²) in [6.45, 7) is 0. The lowest BCUT2D eigenvalue weighted by Crippen LogP contribution is -2.10. The molecule has 0 spiro atoms. The molecule has 0 saturated carbocycles. The van der Waals surface area contributed by atoms with E-state index >= 15 is 0 Å². The van der Waals surface area contributed by atoms with E-state index in [9.17, 15) is 0 Å². The molecule has 0 radical (unpaired) electrons. The number of nitrogens with zero attached hydrogens (tertiary/aromatic N) is 5. The number of rotatable bonds is 5. The van der Waals surface area contributed by atoms with Gasteiger partial charge in [0.25, 0.3) is 0 Å². The van der Waals surface area contributed by atoms with Gasteiger partial charge in [0.1, 0.15) is 18.0 Å². The van der Waals surface area contributed by atoms with Crippen molar-refractivity contribution < 1.29 is 0 Å². The van der Waals surface area contributed by atoms with Crippen molar-refractivity contribution >= 4 is 39.1 Å². The van der Waals surface area contributed by atoms with E-state index in [1.54, 1.807) is 12.5 Å². The number of hydrogen-bond acceptors (Lipinski definition) is 6. The Kier molecular flexibility index (Phi) is 4.48. The Morgan fingerprint density at radius 2 is 1.80 bits per heavy atom. The van der Waals surface area contributed by atoms with Gasteiger partial charge in [0.15, 0.2) is 0 Å². The fraction of sp³-hybridized carbons (Fsp3) is 0.130. The number of pyridine rings is 1. The van der Waals surface area contributed by atoms with E-state index in [0.717, 1.165) is 51.2 Å². The SMILES string of the molecule is CN(C)c1cc2c(Nc3ccc4c(Cc5ccccc5)n[nH]c4c3)ncnc2cn1. The molecule has 2 aromatic carbocycles. The standard InChI is InChI=1S/C23H21N7/c1-30(2)22-12-18-21(13-24-22)25-14-26-23(18)27-16-8-9-17-19(28-29-20(17)11-16)10-15-6-4-3-5-7-15/h3-9,11-14H,10H2,1-2H3,(H,28,29)(H,25,26,27). The Bertz CT molecular complexity index is 1330. The maximum Gasteiger partial charge on any atom is 0.141 e. The van der Waals surface area contributed by atoms with Crippen LogP contribution < -0.4 is 10.2 Å². The molecule has 0 atom stereocenters. The molecule has 0 bridgehead atoms. The Morgan fingerprint density at radius 1 is 0.933 bits per heavy atom. The predicted molar refractivity (Wildman–Crippen MR) is 120 cm³/mol. The number of benzene rings is 2. The van der Waals surface area contributed by atoms with E-state index in [2.05, 4.69) is 66.9 Å². The minimum Gasteiger partial charge on any atom is -0.363 e. The van der Waals surface area contributed by atoms with Crippen molar-refractivity contribution in [2.75, 3.05) is 24.3 Å². The van der Waals surface area contributed by atoms with Crippen molar-refractivity contribution in [1.82, 2.24) is 25.1 Å². The summed E-state index contributed by atoms with van der Waals surface area (Å²) < 4.78 is 0. The number of hydrogen-bond donors (Lipinski definition) is 2. The Labute approximate surface area is 173 Å². The van der Waals surface area contributed by atoms with Crippen LogP contribution in [0.3, 0.4) is 0 Å². The molecule has 7 heteroatoms. The summed E-state index contributed by atoms with van der Waals surface area (Å²) in [6, 6.07) is 18.6. The predicted octanol–water partition coefficient (Wildman–Crippen LogP) is 4.30. The summed E-state index contributed by atoms with van der Waals surface area (Å²) in [4.78, 5) is 15.2. The minimum atomic E-state index is 0.744. The van der Waals surface area contributed by atoms with Gasteiger partial charge in [-0.1, -0.05) is 30.3 Å². The van der Waals surface area contributed by atoms with E-state index in [1.165, 1.54) is 5.56 Å². The van der Waals surface area contributed by atoms with Crippen LogP contribution >= 0.6 is 0 Å². The second-order valence-electron chi connectivity index (χ2n) is 7.39. The first kappa shape index (κ1) is 18.1. The highest BCUT2D eigenvalue weighted by molar-refractivity contribution is 5.93. The van der Waals surface area contributed by atoms with Crippen molar-refractivity contribution in [2.24, 2.45) is 0 Å². The molecule has 3 heterocycles. The number of aromatic nitrogens is 5. The summed E-state index contributed by atoms with van der Waals surface area (Å²) in [7, 11) is 3.93. The van der Waals surface area contributed by atoms with Crippen molar-refractivity contribution in [3.8, 4) is 0 Å². The fourth-order valence-electron chi connectivity index (χ4n) is 3.51. The van der Waals surface area contributed by atoms with Crippen LogP contribution in [0.2, 0.25) is 0 Å². The maximum absolute atomic E-state index is 4.53. The van der Waals surface area contributed by atoms with Gasteiger partial charge in [-0.2, -0.15) is 5.10 Å². The van der Waals surface area contributed by atoms with Gasteiger partial charge >= 0.3 is 0 Å². The first-order valence-electron chi connectivity index (χ1n) is 9.73. The monoisotopic (exact) mass is 395 g/mol. The zero-order valence-electron chi connectivity index (χ0n) is 16.8. The second-order valence-corrected chi connectivity index (χ2v) is 7.39. The molecule has 0 amide bonds. The molecular formula is C23H21N7. The normalized spacial score (nSPS) is 11.1. The summed E-state index contributed by atoms with van der Waals surface area (Å²) >= 11 is 0. The Morgan fingerprint density at radius 3 is 2.63 bits per heavy atom. The number of fused-ring (bicyclic) bond motifs is 2. The van der Waals surface area contributed by atoms with E-state index in [0.29, 0.717) is 0 Å². The summed E-state index contributed by atoms with van der Waals surface area (Å²) in [5.74, 6) is 1.60. The highest BCUT2D eigenvalue weighted by atomic mass is 15.1.